The van der Waals surface area contributed by atoms with Gasteiger partial charge in [0.05, 0.1) is 5.69 Å². The first-order valence-corrected chi connectivity index (χ1v) is 5.30. The Labute approximate surface area is 95.5 Å². The van der Waals surface area contributed by atoms with E-state index in [2.05, 4.69) is 46.7 Å². The highest BCUT2D eigenvalue weighted by molar-refractivity contribution is 5.61. The third-order valence-corrected chi connectivity index (χ3v) is 2.57. The van der Waals surface area contributed by atoms with Crippen LogP contribution in [-0.4, -0.2) is 17.2 Å². The second-order valence-corrected chi connectivity index (χ2v) is 3.88. The Balaban J connectivity index is 2.41. The Bertz CT molecular complexity index is 489. The number of hydrogen-bond acceptors (Lipinski definition) is 3. The van der Waals surface area contributed by atoms with E-state index in [1.165, 1.54) is 5.56 Å². The number of rotatable bonds is 2. The van der Waals surface area contributed by atoms with Crippen LogP contribution in [0.2, 0.25) is 0 Å². The molecule has 0 aliphatic heterocycles. The Morgan fingerprint density at radius 3 is 2.25 bits per heavy atom. The zero-order valence-corrected chi connectivity index (χ0v) is 9.78. The lowest BCUT2D eigenvalue weighted by molar-refractivity contribution is 1.02. The van der Waals surface area contributed by atoms with E-state index >= 15 is 0 Å². The van der Waals surface area contributed by atoms with Crippen LogP contribution in [0.3, 0.4) is 0 Å². The lowest BCUT2D eigenvalue weighted by atomic mass is 10.1. The van der Waals surface area contributed by atoms with Crippen molar-refractivity contribution in [1.82, 2.24) is 10.2 Å². The van der Waals surface area contributed by atoms with Crippen LogP contribution in [0.5, 0.6) is 0 Å². The fraction of sp³-hybridized carbons (Fsp3) is 0.231. The molecule has 1 aromatic heterocycles. The van der Waals surface area contributed by atoms with Crippen LogP contribution in [-0.2, 0) is 0 Å². The van der Waals surface area contributed by atoms with Crippen molar-refractivity contribution in [2.75, 3.05) is 12.4 Å². The number of anilines is 1. The quantitative estimate of drug-likeness (QED) is 0.833. The van der Waals surface area contributed by atoms with Crippen molar-refractivity contribution in [3.63, 3.8) is 0 Å². The van der Waals surface area contributed by atoms with Crippen LogP contribution in [0, 0.1) is 13.8 Å². The molecular weight excluding hydrogens is 198 g/mol. The number of nitrogens with zero attached hydrogens (tertiary/aromatic N) is 2. The Morgan fingerprint density at radius 2 is 1.69 bits per heavy atom. The van der Waals surface area contributed by atoms with E-state index in [-0.39, 0.29) is 0 Å². The number of aromatic nitrogens is 2. The molecule has 82 valence electrons. The molecule has 0 atom stereocenters. The molecule has 0 fully saturated rings. The highest BCUT2D eigenvalue weighted by atomic mass is 15.2. The maximum atomic E-state index is 4.20. The summed E-state index contributed by atoms with van der Waals surface area (Å²) in [7, 11) is 1.85. The Hall–Kier alpha value is -1.90. The molecule has 0 aliphatic rings. The van der Waals surface area contributed by atoms with Gasteiger partial charge in [-0.05, 0) is 25.5 Å². The molecular formula is C13H15N3. The minimum absolute atomic E-state index is 0.830. The van der Waals surface area contributed by atoms with Crippen molar-refractivity contribution in [2.24, 2.45) is 0 Å². The summed E-state index contributed by atoms with van der Waals surface area (Å²) in [6, 6.07) is 10.3. The second-order valence-electron chi connectivity index (χ2n) is 3.88. The normalized spacial score (nSPS) is 10.2. The van der Waals surface area contributed by atoms with E-state index in [1.54, 1.807) is 0 Å². The summed E-state index contributed by atoms with van der Waals surface area (Å²) in [5, 5.41) is 11.3. The molecule has 0 amide bonds. The van der Waals surface area contributed by atoms with E-state index in [9.17, 15) is 0 Å². The lowest BCUT2D eigenvalue weighted by Crippen LogP contribution is -1.98. The van der Waals surface area contributed by atoms with Crippen LogP contribution in [0.1, 0.15) is 11.1 Å². The molecule has 3 nitrogen and oxygen atoms in total. The van der Waals surface area contributed by atoms with Crippen molar-refractivity contribution in [3.05, 3.63) is 41.5 Å². The van der Waals surface area contributed by atoms with Gasteiger partial charge in [-0.25, -0.2) is 0 Å². The maximum Gasteiger partial charge on any atom is 0.151 e. The number of benzene rings is 1. The molecule has 0 aliphatic carbocycles. The molecule has 16 heavy (non-hydrogen) atoms. The van der Waals surface area contributed by atoms with Crippen molar-refractivity contribution in [1.29, 1.82) is 0 Å². The molecule has 0 unspecified atom stereocenters. The molecule has 0 radical (unpaired) electrons. The summed E-state index contributed by atoms with van der Waals surface area (Å²) in [5.41, 5.74) is 4.37. The molecule has 2 aromatic rings. The van der Waals surface area contributed by atoms with E-state index < -0.39 is 0 Å². The highest BCUT2D eigenvalue weighted by Crippen LogP contribution is 2.20. The summed E-state index contributed by atoms with van der Waals surface area (Å²) in [6.45, 7) is 4.10. The predicted molar refractivity (Wildman–Crippen MR) is 66.5 cm³/mol. The summed E-state index contributed by atoms with van der Waals surface area (Å²) < 4.78 is 0. The molecule has 1 aromatic carbocycles. The first-order valence-electron chi connectivity index (χ1n) is 5.30. The molecule has 2 rings (SSSR count). The molecule has 0 saturated carbocycles. The summed E-state index contributed by atoms with van der Waals surface area (Å²) >= 11 is 0. The van der Waals surface area contributed by atoms with Crippen molar-refractivity contribution < 1.29 is 0 Å². The average molecular weight is 213 g/mol. The minimum Gasteiger partial charge on any atom is -0.371 e. The molecule has 0 spiro atoms. The summed E-state index contributed by atoms with van der Waals surface area (Å²) in [5.74, 6) is 0.830. The van der Waals surface area contributed by atoms with E-state index in [1.807, 2.05) is 20.0 Å². The second kappa shape index (κ2) is 4.31. The molecule has 1 heterocycles. The lowest BCUT2D eigenvalue weighted by Gasteiger charge is -2.05. The monoisotopic (exact) mass is 213 g/mol. The molecule has 0 saturated heterocycles. The summed E-state index contributed by atoms with van der Waals surface area (Å²) in [4.78, 5) is 0. The van der Waals surface area contributed by atoms with Gasteiger partial charge in [-0.1, -0.05) is 29.8 Å². The number of aryl methyl sites for hydroxylation is 2. The van der Waals surface area contributed by atoms with Gasteiger partial charge in [-0.3, -0.25) is 0 Å². The van der Waals surface area contributed by atoms with Crippen LogP contribution >= 0.6 is 0 Å². The highest BCUT2D eigenvalue weighted by Gasteiger charge is 2.03. The molecule has 3 heteroatoms. The zero-order valence-electron chi connectivity index (χ0n) is 9.78. The van der Waals surface area contributed by atoms with Gasteiger partial charge in [0.15, 0.2) is 5.82 Å². The van der Waals surface area contributed by atoms with Crippen molar-refractivity contribution in [2.45, 2.75) is 13.8 Å². The number of nitrogens with one attached hydrogen (secondary N) is 1. The predicted octanol–water partition coefficient (Wildman–Crippen LogP) is 2.80. The van der Waals surface area contributed by atoms with Gasteiger partial charge in [-0.2, -0.15) is 0 Å². The topological polar surface area (TPSA) is 37.8 Å². The number of hydrogen-bond donors (Lipinski definition) is 1. The van der Waals surface area contributed by atoms with Gasteiger partial charge >= 0.3 is 0 Å². The maximum absolute atomic E-state index is 4.20. The van der Waals surface area contributed by atoms with Gasteiger partial charge in [0.25, 0.3) is 0 Å². The van der Waals surface area contributed by atoms with Crippen LogP contribution < -0.4 is 5.32 Å². The van der Waals surface area contributed by atoms with Gasteiger partial charge in [0, 0.05) is 12.6 Å². The third-order valence-electron chi connectivity index (χ3n) is 2.57. The zero-order chi connectivity index (χ0) is 11.5. The summed E-state index contributed by atoms with van der Waals surface area (Å²) in [6.07, 6.45) is 0. The minimum atomic E-state index is 0.830. The van der Waals surface area contributed by atoms with Crippen LogP contribution in [0.4, 0.5) is 5.82 Å². The van der Waals surface area contributed by atoms with Crippen LogP contribution in [0.15, 0.2) is 30.3 Å². The standard InChI is InChI=1S/C13H15N3/c1-9-4-6-11(7-5-9)12-8-10(2)13(14-3)16-15-12/h4-8H,1-3H3,(H,14,16). The fourth-order valence-electron chi connectivity index (χ4n) is 1.60. The smallest absolute Gasteiger partial charge is 0.151 e. The van der Waals surface area contributed by atoms with Crippen LogP contribution in [0.25, 0.3) is 11.3 Å². The van der Waals surface area contributed by atoms with E-state index in [4.69, 9.17) is 0 Å². The SMILES string of the molecule is CNc1nnc(-c2ccc(C)cc2)cc1C. The molecule has 0 bridgehead atoms. The Kier molecular flexibility index (Phi) is 2.86. The largest absolute Gasteiger partial charge is 0.371 e. The van der Waals surface area contributed by atoms with Gasteiger partial charge < -0.3 is 5.32 Å². The fourth-order valence-corrected chi connectivity index (χ4v) is 1.60. The van der Waals surface area contributed by atoms with E-state index in [0.717, 1.165) is 22.6 Å². The van der Waals surface area contributed by atoms with Gasteiger partial charge in [0.1, 0.15) is 0 Å². The van der Waals surface area contributed by atoms with Crippen molar-refractivity contribution in [3.8, 4) is 11.3 Å². The molecule has 1 N–H and O–H groups in total. The first kappa shape index (κ1) is 10.6. The van der Waals surface area contributed by atoms with E-state index in [0.29, 0.717) is 0 Å². The first-order chi connectivity index (χ1) is 7.70. The third kappa shape index (κ3) is 2.03. The van der Waals surface area contributed by atoms with Gasteiger partial charge in [-0.15, -0.1) is 10.2 Å². The van der Waals surface area contributed by atoms with Gasteiger partial charge in [0.2, 0.25) is 0 Å². The Morgan fingerprint density at radius 1 is 1.00 bits per heavy atom. The van der Waals surface area contributed by atoms with Crippen molar-refractivity contribution >= 4 is 5.82 Å². The average Bonchev–Trinajstić information content (AvgIpc) is 2.30.